The number of carbonyl (C=O) groups excluding carboxylic acids is 1. The van der Waals surface area contributed by atoms with Gasteiger partial charge in [-0.05, 0) is 32.8 Å². The second-order valence-corrected chi connectivity index (χ2v) is 11.0. The summed E-state index contributed by atoms with van der Waals surface area (Å²) in [6.07, 6.45) is 2.56. The molecule has 2 aliphatic rings. The van der Waals surface area contributed by atoms with E-state index >= 15 is 0 Å². The fourth-order valence-electron chi connectivity index (χ4n) is 3.09. The molecule has 0 atom stereocenters. The van der Waals surface area contributed by atoms with E-state index in [0.717, 1.165) is 37.0 Å². The molecule has 1 saturated heterocycles. The van der Waals surface area contributed by atoms with Gasteiger partial charge in [-0.3, -0.25) is 9.05 Å². The largest absolute Gasteiger partial charge is 0.483 e. The Morgan fingerprint density at radius 1 is 1.31 bits per heavy atom. The number of nitrogens with zero attached hydrogens (tertiary/aromatic N) is 2. The monoisotopic (exact) mass is 444 g/mol. The Bertz CT molecular complexity index is 780. The molecule has 1 aromatic carbocycles. The van der Waals surface area contributed by atoms with Crippen molar-refractivity contribution in [3.63, 3.8) is 0 Å². The first-order chi connectivity index (χ1) is 13.7. The topological polar surface area (TPSA) is 77.5 Å². The van der Waals surface area contributed by atoms with Crippen LogP contribution in [0.15, 0.2) is 18.2 Å². The van der Waals surface area contributed by atoms with Crippen LogP contribution in [0.1, 0.15) is 45.6 Å². The third kappa shape index (κ3) is 5.47. The Kier molecular flexibility index (Phi) is 7.17. The van der Waals surface area contributed by atoms with Gasteiger partial charge < -0.3 is 9.47 Å². The van der Waals surface area contributed by atoms with E-state index in [2.05, 4.69) is 0 Å². The molecule has 1 amide bonds. The molecule has 2 aliphatic heterocycles. The maximum absolute atomic E-state index is 13.0. The number of carbonyl (C=O) groups is 1. The van der Waals surface area contributed by atoms with Crippen LogP contribution in [0, 0.1) is 0 Å². The van der Waals surface area contributed by atoms with Crippen LogP contribution in [-0.2, 0) is 20.0 Å². The van der Waals surface area contributed by atoms with Crippen molar-refractivity contribution in [3.05, 3.63) is 23.8 Å². The van der Waals surface area contributed by atoms with E-state index in [0.29, 0.717) is 37.7 Å². The van der Waals surface area contributed by atoms with Crippen molar-refractivity contribution < 1.29 is 27.9 Å². The third-order valence-electron chi connectivity index (χ3n) is 4.50. The third-order valence-corrected chi connectivity index (χ3v) is 7.85. The summed E-state index contributed by atoms with van der Waals surface area (Å²) < 4.78 is 38.3. The van der Waals surface area contributed by atoms with Crippen molar-refractivity contribution in [3.8, 4) is 11.5 Å². The Balaban J connectivity index is 1.68. The number of ether oxygens (including phenoxy) is 2. The Morgan fingerprint density at radius 2 is 2.03 bits per heavy atom. The van der Waals surface area contributed by atoms with Crippen molar-refractivity contribution in [1.29, 1.82) is 0 Å². The van der Waals surface area contributed by atoms with Gasteiger partial charge in [0.1, 0.15) is 5.60 Å². The van der Waals surface area contributed by atoms with Crippen LogP contribution in [-0.4, -0.2) is 46.9 Å². The standard InChI is InChI=1S/C19H29N2O6PS/c1-5-6-11-21(28(23)24-12-8-13-25-28)29-20(4)18(22)26-16-10-7-9-15-14-19(2,3)27-17(15)16/h7,9-10H,5-6,8,11-14H2,1-4H3. The van der Waals surface area contributed by atoms with E-state index in [-0.39, 0.29) is 5.60 Å². The lowest BCUT2D eigenvalue weighted by Crippen LogP contribution is -2.31. The van der Waals surface area contributed by atoms with Crippen LogP contribution in [0.5, 0.6) is 11.5 Å². The number of unbranched alkanes of at least 4 members (excludes halogenated alkanes) is 1. The van der Waals surface area contributed by atoms with Crippen LogP contribution in [0.25, 0.3) is 0 Å². The maximum atomic E-state index is 13.0. The van der Waals surface area contributed by atoms with Gasteiger partial charge in [0, 0.05) is 25.6 Å². The molecule has 0 N–H and O–H groups in total. The molecule has 162 valence electrons. The van der Waals surface area contributed by atoms with Gasteiger partial charge in [-0.15, -0.1) is 4.08 Å². The SMILES string of the molecule is CCCCN(SN(C)C(=O)Oc1cccc2c1OC(C)(C)C2)P1(=O)OCCCO1. The molecule has 0 bridgehead atoms. The number of amides is 1. The van der Waals surface area contributed by atoms with Crippen molar-refractivity contribution in [2.45, 2.75) is 52.1 Å². The van der Waals surface area contributed by atoms with Crippen LogP contribution in [0.2, 0.25) is 0 Å². The summed E-state index contributed by atoms with van der Waals surface area (Å²) in [6, 6.07) is 5.52. The first-order valence-electron chi connectivity index (χ1n) is 9.86. The average Bonchev–Trinajstić information content (AvgIpc) is 3.00. The quantitative estimate of drug-likeness (QED) is 0.428. The predicted molar refractivity (Wildman–Crippen MR) is 112 cm³/mol. The van der Waals surface area contributed by atoms with E-state index in [1.54, 1.807) is 13.1 Å². The van der Waals surface area contributed by atoms with Crippen molar-refractivity contribution in [2.75, 3.05) is 26.8 Å². The highest BCUT2D eigenvalue weighted by atomic mass is 32.2. The van der Waals surface area contributed by atoms with Gasteiger partial charge in [0.2, 0.25) is 0 Å². The zero-order valence-corrected chi connectivity index (χ0v) is 19.1. The molecule has 0 aliphatic carbocycles. The Labute approximate surface area is 176 Å². The van der Waals surface area contributed by atoms with Gasteiger partial charge in [-0.25, -0.2) is 13.7 Å². The molecular formula is C19H29N2O6PS. The summed E-state index contributed by atoms with van der Waals surface area (Å²) in [5, 5.41) is 0. The molecule has 0 aromatic heterocycles. The minimum atomic E-state index is -3.44. The summed E-state index contributed by atoms with van der Waals surface area (Å²) in [5.41, 5.74) is 0.672. The van der Waals surface area contributed by atoms with Crippen molar-refractivity contribution >= 4 is 26.0 Å². The van der Waals surface area contributed by atoms with E-state index in [4.69, 9.17) is 18.5 Å². The lowest BCUT2D eigenvalue weighted by atomic mass is 10.0. The summed E-state index contributed by atoms with van der Waals surface area (Å²) in [4.78, 5) is 12.7. The van der Waals surface area contributed by atoms with Crippen LogP contribution in [0.3, 0.4) is 0 Å². The molecular weight excluding hydrogens is 415 g/mol. The number of hydrogen-bond donors (Lipinski definition) is 0. The highest BCUT2D eigenvalue weighted by Crippen LogP contribution is 2.57. The summed E-state index contributed by atoms with van der Waals surface area (Å²) in [7, 11) is -1.87. The zero-order valence-electron chi connectivity index (χ0n) is 17.4. The molecule has 1 aromatic rings. The van der Waals surface area contributed by atoms with Gasteiger partial charge in [-0.1, -0.05) is 25.5 Å². The fourth-order valence-corrected chi connectivity index (χ4v) is 6.09. The zero-order chi connectivity index (χ0) is 21.1. The molecule has 0 spiro atoms. The van der Waals surface area contributed by atoms with E-state index in [1.165, 1.54) is 8.38 Å². The number of rotatable bonds is 7. The minimum Gasteiger partial charge on any atom is -0.483 e. The van der Waals surface area contributed by atoms with Gasteiger partial charge in [0.15, 0.2) is 11.5 Å². The van der Waals surface area contributed by atoms with Gasteiger partial charge >= 0.3 is 13.8 Å². The summed E-state index contributed by atoms with van der Waals surface area (Å²) in [5.74, 6) is 0.973. The van der Waals surface area contributed by atoms with Gasteiger partial charge in [-0.2, -0.15) is 0 Å². The van der Waals surface area contributed by atoms with E-state index in [1.807, 2.05) is 32.9 Å². The second kappa shape index (κ2) is 9.27. The number of benzene rings is 1. The summed E-state index contributed by atoms with van der Waals surface area (Å²) in [6.45, 7) is 7.24. The van der Waals surface area contributed by atoms with Gasteiger partial charge in [0.05, 0.1) is 25.3 Å². The fraction of sp³-hybridized carbons (Fsp3) is 0.632. The van der Waals surface area contributed by atoms with Gasteiger partial charge in [0.25, 0.3) is 0 Å². The second-order valence-electron chi connectivity index (χ2n) is 7.65. The Morgan fingerprint density at radius 3 is 2.72 bits per heavy atom. The normalized spacial score (nSPS) is 19.5. The number of fused-ring (bicyclic) bond motifs is 1. The van der Waals surface area contributed by atoms with Crippen LogP contribution >= 0.6 is 19.9 Å². The molecule has 3 rings (SSSR count). The molecule has 10 heteroatoms. The van der Waals surface area contributed by atoms with Crippen LogP contribution in [0.4, 0.5) is 4.79 Å². The molecule has 8 nitrogen and oxygen atoms in total. The van der Waals surface area contributed by atoms with Crippen molar-refractivity contribution in [2.24, 2.45) is 0 Å². The Hall–Kier alpha value is -1.25. The molecule has 29 heavy (non-hydrogen) atoms. The molecule has 0 unspecified atom stereocenters. The van der Waals surface area contributed by atoms with Crippen molar-refractivity contribution in [1.82, 2.24) is 8.38 Å². The first kappa shape index (κ1) is 22.4. The number of hydrogen-bond acceptors (Lipinski definition) is 7. The highest BCUT2D eigenvalue weighted by Gasteiger charge is 2.39. The lowest BCUT2D eigenvalue weighted by molar-refractivity contribution is 0.125. The van der Waals surface area contributed by atoms with E-state index < -0.39 is 13.8 Å². The first-order valence-corrected chi connectivity index (χ1v) is 12.1. The molecule has 1 fully saturated rings. The summed E-state index contributed by atoms with van der Waals surface area (Å²) >= 11 is 0.989. The number of para-hydroxylation sites is 1. The predicted octanol–water partition coefficient (Wildman–Crippen LogP) is 5.04. The van der Waals surface area contributed by atoms with E-state index in [9.17, 15) is 9.36 Å². The smallest absolute Gasteiger partial charge is 0.426 e. The maximum Gasteiger partial charge on any atom is 0.426 e. The van der Waals surface area contributed by atoms with Crippen LogP contribution < -0.4 is 9.47 Å². The molecule has 0 saturated carbocycles. The molecule has 2 heterocycles. The highest BCUT2D eigenvalue weighted by molar-refractivity contribution is 7.99. The minimum absolute atomic E-state index is 0.336. The molecule has 0 radical (unpaired) electrons. The average molecular weight is 444 g/mol. The lowest BCUT2D eigenvalue weighted by Gasteiger charge is -2.33.